The first-order valence-corrected chi connectivity index (χ1v) is 12.5. The summed E-state index contributed by atoms with van der Waals surface area (Å²) in [5, 5.41) is 12.5. The second-order valence-corrected chi connectivity index (χ2v) is 11.0. The SMILES string of the molecule is CN1CCN(c2cc(F)cc(C(=O)Nc3cn[nH]c3C(=O)NC3CCC(C(C)(C)C)CC3)c2)CC1. The van der Waals surface area contributed by atoms with Crippen molar-refractivity contribution in [1.29, 1.82) is 0 Å². The van der Waals surface area contributed by atoms with Crippen LogP contribution in [0.3, 0.4) is 0 Å². The van der Waals surface area contributed by atoms with Crippen molar-refractivity contribution < 1.29 is 14.0 Å². The minimum absolute atomic E-state index is 0.0994. The molecule has 1 aliphatic heterocycles. The third kappa shape index (κ3) is 6.20. The van der Waals surface area contributed by atoms with Crippen LogP contribution in [-0.2, 0) is 0 Å². The third-order valence-electron chi connectivity index (χ3n) is 7.41. The topological polar surface area (TPSA) is 93.4 Å². The summed E-state index contributed by atoms with van der Waals surface area (Å²) in [6.45, 7) is 10.1. The highest BCUT2D eigenvalue weighted by atomic mass is 19.1. The number of likely N-dealkylation sites (N-methyl/N-ethyl adjacent to an activating group) is 1. The fourth-order valence-electron chi connectivity index (χ4n) is 5.06. The maximum absolute atomic E-state index is 14.4. The van der Waals surface area contributed by atoms with Gasteiger partial charge in [0.15, 0.2) is 0 Å². The Labute approximate surface area is 206 Å². The van der Waals surface area contributed by atoms with Crippen molar-refractivity contribution >= 4 is 23.2 Å². The van der Waals surface area contributed by atoms with Gasteiger partial charge >= 0.3 is 0 Å². The van der Waals surface area contributed by atoms with E-state index in [4.69, 9.17) is 0 Å². The van der Waals surface area contributed by atoms with Gasteiger partial charge in [-0.2, -0.15) is 5.10 Å². The van der Waals surface area contributed by atoms with Gasteiger partial charge in [0.2, 0.25) is 0 Å². The molecule has 0 atom stereocenters. The molecule has 2 aromatic rings. The number of amides is 2. The number of rotatable bonds is 5. The molecule has 1 aromatic carbocycles. The molecular formula is C26H37FN6O2. The summed E-state index contributed by atoms with van der Waals surface area (Å²) < 4.78 is 14.4. The molecule has 1 saturated carbocycles. The Morgan fingerprint density at radius 1 is 1.03 bits per heavy atom. The van der Waals surface area contributed by atoms with Crippen LogP contribution in [0.4, 0.5) is 15.8 Å². The van der Waals surface area contributed by atoms with E-state index < -0.39 is 11.7 Å². The average molecular weight is 485 g/mol. The van der Waals surface area contributed by atoms with Gasteiger partial charge in [-0.15, -0.1) is 0 Å². The van der Waals surface area contributed by atoms with Gasteiger partial charge in [0, 0.05) is 43.5 Å². The number of hydrogen-bond acceptors (Lipinski definition) is 5. The molecule has 1 aliphatic carbocycles. The summed E-state index contributed by atoms with van der Waals surface area (Å²) in [6, 6.07) is 4.45. The molecule has 0 spiro atoms. The number of nitrogens with one attached hydrogen (secondary N) is 3. The molecule has 0 bridgehead atoms. The Morgan fingerprint density at radius 2 is 1.71 bits per heavy atom. The highest BCUT2D eigenvalue weighted by molar-refractivity contribution is 6.08. The quantitative estimate of drug-likeness (QED) is 0.599. The van der Waals surface area contributed by atoms with Gasteiger partial charge < -0.3 is 20.4 Å². The first-order chi connectivity index (χ1) is 16.6. The molecule has 190 valence electrons. The van der Waals surface area contributed by atoms with E-state index in [1.807, 2.05) is 0 Å². The number of nitrogens with zero attached hydrogens (tertiary/aromatic N) is 3. The predicted octanol–water partition coefficient (Wildman–Crippen LogP) is 3.89. The molecule has 0 radical (unpaired) electrons. The largest absolute Gasteiger partial charge is 0.369 e. The van der Waals surface area contributed by atoms with E-state index in [9.17, 15) is 14.0 Å². The summed E-state index contributed by atoms with van der Waals surface area (Å²) in [6.07, 6.45) is 5.43. The lowest BCUT2D eigenvalue weighted by molar-refractivity contribution is 0.0900. The van der Waals surface area contributed by atoms with E-state index in [1.165, 1.54) is 18.3 Å². The second-order valence-electron chi connectivity index (χ2n) is 11.0. The lowest BCUT2D eigenvalue weighted by Gasteiger charge is -2.37. The van der Waals surface area contributed by atoms with E-state index >= 15 is 0 Å². The molecule has 2 heterocycles. The highest BCUT2D eigenvalue weighted by Gasteiger charge is 2.31. The van der Waals surface area contributed by atoms with E-state index in [0.29, 0.717) is 11.6 Å². The minimum atomic E-state index is -0.485. The number of H-pyrrole nitrogens is 1. The molecule has 3 N–H and O–H groups in total. The number of halogens is 1. The van der Waals surface area contributed by atoms with Crippen molar-refractivity contribution in [2.45, 2.75) is 52.5 Å². The molecule has 8 nitrogen and oxygen atoms in total. The number of anilines is 2. The predicted molar refractivity (Wildman–Crippen MR) is 135 cm³/mol. The Morgan fingerprint density at radius 3 is 2.37 bits per heavy atom. The first-order valence-electron chi connectivity index (χ1n) is 12.5. The van der Waals surface area contributed by atoms with Gasteiger partial charge in [0.1, 0.15) is 11.5 Å². The smallest absolute Gasteiger partial charge is 0.271 e. The number of hydrogen-bond donors (Lipinski definition) is 3. The number of carbonyl (C=O) groups excluding carboxylic acids is 2. The van der Waals surface area contributed by atoms with Gasteiger partial charge in [0.25, 0.3) is 11.8 Å². The van der Waals surface area contributed by atoms with Crippen LogP contribution in [-0.4, -0.2) is 66.2 Å². The van der Waals surface area contributed by atoms with E-state index in [0.717, 1.165) is 51.9 Å². The van der Waals surface area contributed by atoms with Crippen molar-refractivity contribution in [3.05, 3.63) is 41.5 Å². The van der Waals surface area contributed by atoms with Gasteiger partial charge in [-0.3, -0.25) is 14.7 Å². The highest BCUT2D eigenvalue weighted by Crippen LogP contribution is 2.37. The Hall–Kier alpha value is -2.94. The zero-order chi connectivity index (χ0) is 25.2. The summed E-state index contributed by atoms with van der Waals surface area (Å²) in [4.78, 5) is 30.2. The molecule has 0 unspecified atom stereocenters. The lowest BCUT2D eigenvalue weighted by Crippen LogP contribution is -2.44. The van der Waals surface area contributed by atoms with Crippen LogP contribution in [0.15, 0.2) is 24.4 Å². The number of aromatic nitrogens is 2. The molecule has 2 aliphatic rings. The average Bonchev–Trinajstić information content (AvgIpc) is 3.27. The Kier molecular flexibility index (Phi) is 7.44. The molecule has 9 heteroatoms. The summed E-state index contributed by atoms with van der Waals surface area (Å²) in [5.41, 5.74) is 1.64. The van der Waals surface area contributed by atoms with Crippen LogP contribution in [0, 0.1) is 17.2 Å². The van der Waals surface area contributed by atoms with Crippen LogP contribution >= 0.6 is 0 Å². The number of benzene rings is 1. The molecule has 1 saturated heterocycles. The maximum atomic E-state index is 14.4. The van der Waals surface area contributed by atoms with Crippen molar-refractivity contribution in [2.24, 2.45) is 11.3 Å². The van der Waals surface area contributed by atoms with Gasteiger partial charge in [-0.25, -0.2) is 4.39 Å². The number of piperazine rings is 1. The van der Waals surface area contributed by atoms with E-state index in [1.54, 1.807) is 6.07 Å². The molecule has 1 aromatic heterocycles. The van der Waals surface area contributed by atoms with Gasteiger partial charge in [0.05, 0.1) is 11.9 Å². The summed E-state index contributed by atoms with van der Waals surface area (Å²) >= 11 is 0. The molecule has 2 fully saturated rings. The minimum Gasteiger partial charge on any atom is -0.369 e. The normalized spacial score (nSPS) is 21.6. The first kappa shape index (κ1) is 25.2. The lowest BCUT2D eigenvalue weighted by atomic mass is 9.71. The van der Waals surface area contributed by atoms with Crippen molar-refractivity contribution in [1.82, 2.24) is 20.4 Å². The fourth-order valence-corrected chi connectivity index (χ4v) is 5.06. The van der Waals surface area contributed by atoms with E-state index in [-0.39, 0.29) is 34.3 Å². The summed E-state index contributed by atoms with van der Waals surface area (Å²) in [7, 11) is 2.05. The van der Waals surface area contributed by atoms with Crippen LogP contribution in [0.5, 0.6) is 0 Å². The Bertz CT molecular complexity index is 1050. The van der Waals surface area contributed by atoms with Crippen molar-refractivity contribution in [3.8, 4) is 0 Å². The summed E-state index contributed by atoms with van der Waals surface area (Å²) in [5.74, 6) is -0.599. The second kappa shape index (κ2) is 10.4. The van der Waals surface area contributed by atoms with Crippen molar-refractivity contribution in [3.63, 3.8) is 0 Å². The van der Waals surface area contributed by atoms with E-state index in [2.05, 4.69) is 58.4 Å². The van der Waals surface area contributed by atoms with Crippen molar-refractivity contribution in [2.75, 3.05) is 43.4 Å². The van der Waals surface area contributed by atoms with Crippen LogP contribution in [0.1, 0.15) is 67.3 Å². The third-order valence-corrected chi connectivity index (χ3v) is 7.41. The molecule has 35 heavy (non-hydrogen) atoms. The van der Waals surface area contributed by atoms with Crippen LogP contribution in [0.25, 0.3) is 0 Å². The van der Waals surface area contributed by atoms with Crippen LogP contribution in [0.2, 0.25) is 0 Å². The molecule has 2 amide bonds. The standard InChI is InChI=1S/C26H37FN6O2/c1-26(2,3)18-5-7-20(8-6-18)29-25(35)23-22(16-28-31-23)30-24(34)17-13-19(27)15-21(14-17)33-11-9-32(4)10-12-33/h13-16,18,20H,5-12H2,1-4H3,(H,28,31)(H,29,35)(H,30,34). The number of aromatic amines is 1. The monoisotopic (exact) mass is 484 g/mol. The maximum Gasteiger partial charge on any atom is 0.271 e. The van der Waals surface area contributed by atoms with Crippen LogP contribution < -0.4 is 15.5 Å². The van der Waals surface area contributed by atoms with Gasteiger partial charge in [-0.05, 0) is 62.3 Å². The molecular weight excluding hydrogens is 447 g/mol. The Balaban J connectivity index is 1.39. The zero-order valence-corrected chi connectivity index (χ0v) is 21.2. The fraction of sp³-hybridized carbons (Fsp3) is 0.577. The molecule has 4 rings (SSSR count). The number of carbonyl (C=O) groups is 2. The van der Waals surface area contributed by atoms with Gasteiger partial charge in [-0.1, -0.05) is 20.8 Å². The zero-order valence-electron chi connectivity index (χ0n) is 21.2.